The van der Waals surface area contributed by atoms with Gasteiger partial charge in [-0.3, -0.25) is 9.69 Å². The molecule has 0 unspecified atom stereocenters. The maximum absolute atomic E-state index is 12.8. The van der Waals surface area contributed by atoms with Crippen LogP contribution in [-0.2, 0) is 11.2 Å². The molecule has 1 heterocycles. The van der Waals surface area contributed by atoms with Crippen molar-refractivity contribution < 1.29 is 9.53 Å². The van der Waals surface area contributed by atoms with E-state index >= 15 is 0 Å². The second kappa shape index (κ2) is 10.8. The minimum absolute atomic E-state index is 0.0448. The molecule has 1 saturated heterocycles. The second-order valence-corrected chi connectivity index (χ2v) is 8.18. The van der Waals surface area contributed by atoms with Gasteiger partial charge in [0.1, 0.15) is 5.75 Å². The maximum atomic E-state index is 12.8. The van der Waals surface area contributed by atoms with Gasteiger partial charge >= 0.3 is 0 Å². The zero-order valence-electron chi connectivity index (χ0n) is 18.7. The number of carbonyl (C=O) groups is 1. The molecule has 0 spiro atoms. The highest BCUT2D eigenvalue weighted by Crippen LogP contribution is 2.21. The van der Waals surface area contributed by atoms with Crippen LogP contribution in [0.3, 0.4) is 0 Å². The molecule has 0 aliphatic carbocycles. The Balaban J connectivity index is 1.33. The largest absolute Gasteiger partial charge is 0.497 e. The van der Waals surface area contributed by atoms with Gasteiger partial charge in [-0.05, 0) is 54.3 Å². The van der Waals surface area contributed by atoms with Crippen LogP contribution >= 0.6 is 0 Å². The number of ether oxygens (including phenoxy) is 1. The Morgan fingerprint density at radius 2 is 1.62 bits per heavy atom. The number of para-hydroxylation sites is 1. The average Bonchev–Trinajstić information content (AvgIpc) is 3.06. The average molecular weight is 430 g/mol. The topological polar surface area (TPSA) is 44.8 Å². The predicted molar refractivity (Wildman–Crippen MR) is 131 cm³/mol. The third kappa shape index (κ3) is 5.89. The molecule has 1 N–H and O–H groups in total. The van der Waals surface area contributed by atoms with Crippen LogP contribution in [0.15, 0.2) is 78.9 Å². The van der Waals surface area contributed by atoms with Crippen molar-refractivity contribution >= 4 is 17.3 Å². The monoisotopic (exact) mass is 429 g/mol. The summed E-state index contributed by atoms with van der Waals surface area (Å²) >= 11 is 0. The summed E-state index contributed by atoms with van der Waals surface area (Å²) in [5.41, 5.74) is 4.47. The summed E-state index contributed by atoms with van der Waals surface area (Å²) < 4.78 is 5.26. The summed E-state index contributed by atoms with van der Waals surface area (Å²) in [5, 5.41) is 3.15. The molecule has 1 aliphatic heterocycles. The molecule has 166 valence electrons. The Morgan fingerprint density at radius 1 is 0.875 bits per heavy atom. The van der Waals surface area contributed by atoms with E-state index in [-0.39, 0.29) is 5.91 Å². The van der Waals surface area contributed by atoms with Gasteiger partial charge in [-0.25, -0.2) is 0 Å². The predicted octanol–water partition coefficient (Wildman–Crippen LogP) is 4.44. The summed E-state index contributed by atoms with van der Waals surface area (Å²) in [6, 6.07) is 26.6. The molecule has 0 atom stereocenters. The first-order chi connectivity index (χ1) is 15.7. The highest BCUT2D eigenvalue weighted by molar-refractivity contribution is 5.93. The Kier molecular flexibility index (Phi) is 7.41. The number of carbonyl (C=O) groups excluding carboxylic acids is 1. The van der Waals surface area contributed by atoms with E-state index in [1.165, 1.54) is 11.3 Å². The molecule has 5 nitrogen and oxygen atoms in total. The SMILES string of the molecule is COc1ccc(N2CCCN(CC(=O)Nc3ccccc3Cc3ccccc3)CC2)cc1. The van der Waals surface area contributed by atoms with Crippen LogP contribution < -0.4 is 15.0 Å². The van der Waals surface area contributed by atoms with E-state index in [0.717, 1.165) is 56.0 Å². The van der Waals surface area contributed by atoms with Gasteiger partial charge in [0.25, 0.3) is 0 Å². The molecule has 4 rings (SSSR count). The third-order valence-corrected chi connectivity index (χ3v) is 5.92. The summed E-state index contributed by atoms with van der Waals surface area (Å²) in [6.07, 6.45) is 1.84. The highest BCUT2D eigenvalue weighted by atomic mass is 16.5. The Labute approximate surface area is 190 Å². The van der Waals surface area contributed by atoms with Crippen molar-refractivity contribution in [3.05, 3.63) is 90.0 Å². The number of hydrogen-bond donors (Lipinski definition) is 1. The standard InChI is InChI=1S/C27H31N3O2/c1-32-25-14-12-24(13-15-25)30-17-7-16-29(18-19-30)21-27(31)28-26-11-6-5-10-23(26)20-22-8-3-2-4-9-22/h2-6,8-15H,7,16-21H2,1H3,(H,28,31). The molecular formula is C27H31N3O2. The quantitative estimate of drug-likeness (QED) is 0.603. The third-order valence-electron chi connectivity index (χ3n) is 5.92. The van der Waals surface area contributed by atoms with E-state index < -0.39 is 0 Å². The van der Waals surface area contributed by atoms with Crippen LogP contribution in [0, 0.1) is 0 Å². The number of methoxy groups -OCH3 is 1. The van der Waals surface area contributed by atoms with E-state index in [9.17, 15) is 4.79 Å². The number of rotatable bonds is 7. The summed E-state index contributed by atoms with van der Waals surface area (Å²) in [5.74, 6) is 0.915. The minimum Gasteiger partial charge on any atom is -0.497 e. The Hall–Kier alpha value is -3.31. The van der Waals surface area contributed by atoms with E-state index in [4.69, 9.17) is 4.74 Å². The van der Waals surface area contributed by atoms with Gasteiger partial charge in [0.15, 0.2) is 0 Å². The van der Waals surface area contributed by atoms with Gasteiger partial charge < -0.3 is 15.0 Å². The van der Waals surface area contributed by atoms with Crippen molar-refractivity contribution in [2.45, 2.75) is 12.8 Å². The molecule has 0 aromatic heterocycles. The van der Waals surface area contributed by atoms with Crippen molar-refractivity contribution in [1.82, 2.24) is 4.90 Å². The first kappa shape index (κ1) is 21.9. The van der Waals surface area contributed by atoms with E-state index in [1.807, 2.05) is 48.5 Å². The fourth-order valence-electron chi connectivity index (χ4n) is 4.19. The number of hydrogen-bond acceptors (Lipinski definition) is 4. The Bertz CT molecular complexity index is 1000. The van der Waals surface area contributed by atoms with Crippen molar-refractivity contribution in [3.8, 4) is 5.75 Å². The molecule has 1 fully saturated rings. The lowest BCUT2D eigenvalue weighted by molar-refractivity contribution is -0.117. The number of anilines is 2. The molecule has 0 saturated carbocycles. The smallest absolute Gasteiger partial charge is 0.238 e. The van der Waals surface area contributed by atoms with Gasteiger partial charge in [0.05, 0.1) is 13.7 Å². The molecule has 3 aromatic carbocycles. The first-order valence-electron chi connectivity index (χ1n) is 11.2. The molecule has 1 amide bonds. The Morgan fingerprint density at radius 3 is 2.41 bits per heavy atom. The normalized spacial score (nSPS) is 14.6. The summed E-state index contributed by atoms with van der Waals surface area (Å²) in [6.45, 7) is 4.10. The van der Waals surface area contributed by atoms with Crippen molar-refractivity contribution in [2.24, 2.45) is 0 Å². The van der Waals surface area contributed by atoms with Gasteiger partial charge in [-0.2, -0.15) is 0 Å². The minimum atomic E-state index is 0.0448. The van der Waals surface area contributed by atoms with Gasteiger partial charge in [-0.1, -0.05) is 48.5 Å². The lowest BCUT2D eigenvalue weighted by atomic mass is 10.0. The molecule has 0 radical (unpaired) electrons. The lowest BCUT2D eigenvalue weighted by Crippen LogP contribution is -2.36. The van der Waals surface area contributed by atoms with Crippen LogP contribution in [0.4, 0.5) is 11.4 Å². The van der Waals surface area contributed by atoms with E-state index in [2.05, 4.69) is 45.4 Å². The number of nitrogens with zero attached hydrogens (tertiary/aromatic N) is 2. The van der Waals surface area contributed by atoms with Crippen LogP contribution in [0.2, 0.25) is 0 Å². The second-order valence-electron chi connectivity index (χ2n) is 8.18. The fourth-order valence-corrected chi connectivity index (χ4v) is 4.19. The number of nitrogens with one attached hydrogen (secondary N) is 1. The zero-order chi connectivity index (χ0) is 22.2. The molecule has 32 heavy (non-hydrogen) atoms. The maximum Gasteiger partial charge on any atom is 0.238 e. The van der Waals surface area contributed by atoms with Crippen LogP contribution in [-0.4, -0.2) is 50.6 Å². The van der Waals surface area contributed by atoms with Crippen molar-refractivity contribution in [1.29, 1.82) is 0 Å². The first-order valence-corrected chi connectivity index (χ1v) is 11.2. The van der Waals surface area contributed by atoms with Gasteiger partial charge in [-0.15, -0.1) is 0 Å². The van der Waals surface area contributed by atoms with E-state index in [1.54, 1.807) is 7.11 Å². The molecule has 3 aromatic rings. The molecule has 5 heteroatoms. The van der Waals surface area contributed by atoms with Gasteiger partial charge in [0.2, 0.25) is 5.91 Å². The molecule has 0 bridgehead atoms. The van der Waals surface area contributed by atoms with Crippen molar-refractivity contribution in [3.63, 3.8) is 0 Å². The number of amides is 1. The van der Waals surface area contributed by atoms with Crippen molar-refractivity contribution in [2.75, 3.05) is 50.1 Å². The highest BCUT2D eigenvalue weighted by Gasteiger charge is 2.18. The lowest BCUT2D eigenvalue weighted by Gasteiger charge is -2.23. The summed E-state index contributed by atoms with van der Waals surface area (Å²) in [7, 11) is 1.68. The zero-order valence-corrected chi connectivity index (χ0v) is 18.7. The van der Waals surface area contributed by atoms with Crippen LogP contribution in [0.1, 0.15) is 17.5 Å². The summed E-state index contributed by atoms with van der Waals surface area (Å²) in [4.78, 5) is 17.5. The number of benzene rings is 3. The fraction of sp³-hybridized carbons (Fsp3) is 0.296. The molecule has 1 aliphatic rings. The van der Waals surface area contributed by atoms with Gasteiger partial charge in [0, 0.05) is 37.6 Å². The molecular weight excluding hydrogens is 398 g/mol. The van der Waals surface area contributed by atoms with Crippen LogP contribution in [0.25, 0.3) is 0 Å². The van der Waals surface area contributed by atoms with E-state index in [0.29, 0.717) is 6.54 Å². The van der Waals surface area contributed by atoms with Crippen LogP contribution in [0.5, 0.6) is 5.75 Å².